The SMILES string of the molecule is Cc1cc(S(=O)(=O)Nc2ccc(Cl)nc2C)sc1Br. The number of pyridine rings is 1. The van der Waals surface area contributed by atoms with E-state index < -0.39 is 10.0 Å². The van der Waals surface area contributed by atoms with Crippen LogP contribution in [0.5, 0.6) is 0 Å². The average Bonchev–Trinajstić information content (AvgIpc) is 2.64. The Hall–Kier alpha value is -0.630. The maximum absolute atomic E-state index is 12.2. The summed E-state index contributed by atoms with van der Waals surface area (Å²) in [6.07, 6.45) is 0. The molecule has 102 valence electrons. The Labute approximate surface area is 129 Å². The molecule has 0 atom stereocenters. The van der Waals surface area contributed by atoms with Gasteiger partial charge in [0.15, 0.2) is 0 Å². The Bertz CT molecular complexity index is 709. The molecule has 2 aromatic heterocycles. The minimum Gasteiger partial charge on any atom is -0.277 e. The van der Waals surface area contributed by atoms with Gasteiger partial charge in [-0.3, -0.25) is 4.72 Å². The van der Waals surface area contributed by atoms with E-state index in [2.05, 4.69) is 25.6 Å². The number of thiophene rings is 1. The molecule has 2 rings (SSSR count). The summed E-state index contributed by atoms with van der Waals surface area (Å²) in [5.41, 5.74) is 1.84. The summed E-state index contributed by atoms with van der Waals surface area (Å²) in [4.78, 5) is 4.01. The summed E-state index contributed by atoms with van der Waals surface area (Å²) in [6, 6.07) is 4.76. The molecule has 0 aromatic carbocycles. The second-order valence-electron chi connectivity index (χ2n) is 3.89. The van der Waals surface area contributed by atoms with Crippen LogP contribution in [0.1, 0.15) is 11.3 Å². The maximum Gasteiger partial charge on any atom is 0.271 e. The van der Waals surface area contributed by atoms with Crippen LogP contribution in [0.2, 0.25) is 5.15 Å². The van der Waals surface area contributed by atoms with Crippen molar-refractivity contribution in [2.24, 2.45) is 0 Å². The zero-order valence-electron chi connectivity index (χ0n) is 10.1. The van der Waals surface area contributed by atoms with Crippen LogP contribution in [0.25, 0.3) is 0 Å². The van der Waals surface area contributed by atoms with E-state index in [9.17, 15) is 8.42 Å². The standard InChI is InChI=1S/C11H10BrClN2O2S2/c1-6-5-10(18-11(6)12)19(16,17)15-8-3-4-9(13)14-7(8)2/h3-5,15H,1-2H3. The lowest BCUT2D eigenvalue weighted by atomic mass is 10.3. The fraction of sp³-hybridized carbons (Fsp3) is 0.182. The molecule has 0 unspecified atom stereocenters. The third-order valence-electron chi connectivity index (χ3n) is 2.40. The lowest BCUT2D eigenvalue weighted by molar-refractivity contribution is 0.603. The van der Waals surface area contributed by atoms with Gasteiger partial charge >= 0.3 is 0 Å². The van der Waals surface area contributed by atoms with Gasteiger partial charge in [0.1, 0.15) is 9.36 Å². The fourth-order valence-corrected chi connectivity index (χ4v) is 4.93. The lowest BCUT2D eigenvalue weighted by Gasteiger charge is -2.08. The predicted octanol–water partition coefficient (Wildman–Crippen LogP) is 3.98. The van der Waals surface area contributed by atoms with E-state index in [0.717, 1.165) is 9.35 Å². The van der Waals surface area contributed by atoms with Crippen molar-refractivity contribution in [3.63, 3.8) is 0 Å². The van der Waals surface area contributed by atoms with Crippen LogP contribution in [0.15, 0.2) is 26.2 Å². The second kappa shape index (κ2) is 5.40. The van der Waals surface area contributed by atoms with Crippen molar-refractivity contribution in [3.05, 3.63) is 38.4 Å². The molecule has 8 heteroatoms. The molecule has 0 aliphatic heterocycles. The lowest BCUT2D eigenvalue weighted by Crippen LogP contribution is -2.12. The van der Waals surface area contributed by atoms with Gasteiger partial charge in [0.2, 0.25) is 0 Å². The van der Waals surface area contributed by atoms with Crippen LogP contribution < -0.4 is 4.72 Å². The molecule has 0 bridgehead atoms. The van der Waals surface area contributed by atoms with Crippen molar-refractivity contribution in [1.82, 2.24) is 4.98 Å². The number of nitrogens with one attached hydrogen (secondary N) is 1. The zero-order valence-corrected chi connectivity index (χ0v) is 14.0. The van der Waals surface area contributed by atoms with Gasteiger partial charge in [-0.15, -0.1) is 11.3 Å². The molecule has 0 amide bonds. The molecule has 0 spiro atoms. The molecule has 0 saturated carbocycles. The van der Waals surface area contributed by atoms with Gasteiger partial charge in [0.25, 0.3) is 10.0 Å². The molecule has 19 heavy (non-hydrogen) atoms. The summed E-state index contributed by atoms with van der Waals surface area (Å²) in [7, 11) is -3.59. The molecule has 0 fully saturated rings. The maximum atomic E-state index is 12.2. The van der Waals surface area contributed by atoms with Crippen LogP contribution in [-0.4, -0.2) is 13.4 Å². The molecule has 2 aromatic rings. The highest BCUT2D eigenvalue weighted by molar-refractivity contribution is 9.11. The average molecular weight is 382 g/mol. The van der Waals surface area contributed by atoms with Gasteiger partial charge in [-0.1, -0.05) is 11.6 Å². The van der Waals surface area contributed by atoms with E-state index in [1.54, 1.807) is 25.1 Å². The number of aromatic nitrogens is 1. The van der Waals surface area contributed by atoms with Gasteiger partial charge in [0.05, 0.1) is 15.2 Å². The fourth-order valence-electron chi connectivity index (χ4n) is 1.40. The highest BCUT2D eigenvalue weighted by Crippen LogP contribution is 2.31. The first kappa shape index (κ1) is 14.8. The Morgan fingerprint density at radius 2 is 2.05 bits per heavy atom. The van der Waals surface area contributed by atoms with Crippen molar-refractivity contribution < 1.29 is 8.42 Å². The Morgan fingerprint density at radius 1 is 1.37 bits per heavy atom. The van der Waals surface area contributed by atoms with Crippen molar-refractivity contribution in [1.29, 1.82) is 0 Å². The Morgan fingerprint density at radius 3 is 2.58 bits per heavy atom. The van der Waals surface area contributed by atoms with E-state index in [1.807, 2.05) is 6.92 Å². The topological polar surface area (TPSA) is 59.1 Å². The summed E-state index contributed by atoms with van der Waals surface area (Å²) in [5.74, 6) is 0. The number of sulfonamides is 1. The van der Waals surface area contributed by atoms with Crippen molar-refractivity contribution in [3.8, 4) is 0 Å². The first-order chi connectivity index (χ1) is 8.79. The van der Waals surface area contributed by atoms with Crippen LogP contribution in [-0.2, 0) is 10.0 Å². The first-order valence-corrected chi connectivity index (χ1v) is 8.68. The monoisotopic (exact) mass is 380 g/mol. The molecular formula is C11H10BrClN2O2S2. The molecule has 2 heterocycles. The number of hydrogen-bond donors (Lipinski definition) is 1. The molecule has 0 aliphatic rings. The number of aryl methyl sites for hydroxylation is 2. The summed E-state index contributed by atoms with van der Waals surface area (Å²) >= 11 is 10.2. The predicted molar refractivity (Wildman–Crippen MR) is 81.5 cm³/mol. The minimum atomic E-state index is -3.59. The summed E-state index contributed by atoms with van der Waals surface area (Å²) < 4.78 is 28.0. The molecule has 1 N–H and O–H groups in total. The van der Waals surface area contributed by atoms with Gasteiger partial charge in [-0.25, -0.2) is 13.4 Å². The second-order valence-corrected chi connectivity index (χ2v) is 8.56. The Balaban J connectivity index is 2.36. The van der Waals surface area contributed by atoms with Gasteiger partial charge in [0, 0.05) is 0 Å². The summed E-state index contributed by atoms with van der Waals surface area (Å²) in [6.45, 7) is 3.54. The van der Waals surface area contributed by atoms with E-state index in [1.165, 1.54) is 11.3 Å². The van der Waals surface area contributed by atoms with Gasteiger partial charge in [-0.2, -0.15) is 0 Å². The number of rotatable bonds is 3. The number of halogens is 2. The van der Waals surface area contributed by atoms with E-state index >= 15 is 0 Å². The smallest absolute Gasteiger partial charge is 0.271 e. The van der Waals surface area contributed by atoms with E-state index in [4.69, 9.17) is 11.6 Å². The van der Waals surface area contributed by atoms with Crippen molar-refractivity contribution >= 4 is 54.6 Å². The van der Waals surface area contributed by atoms with Crippen LogP contribution >= 0.6 is 38.9 Å². The number of anilines is 1. The zero-order chi connectivity index (χ0) is 14.2. The largest absolute Gasteiger partial charge is 0.277 e. The van der Waals surface area contributed by atoms with Gasteiger partial charge in [-0.05, 0) is 53.5 Å². The van der Waals surface area contributed by atoms with Crippen LogP contribution in [0.3, 0.4) is 0 Å². The number of hydrogen-bond acceptors (Lipinski definition) is 4. The third-order valence-corrected chi connectivity index (χ3v) is 6.58. The highest BCUT2D eigenvalue weighted by atomic mass is 79.9. The van der Waals surface area contributed by atoms with Crippen LogP contribution in [0, 0.1) is 13.8 Å². The van der Waals surface area contributed by atoms with E-state index in [-0.39, 0.29) is 4.21 Å². The molecule has 0 radical (unpaired) electrons. The molecule has 4 nitrogen and oxygen atoms in total. The molecule has 0 aliphatic carbocycles. The normalized spacial score (nSPS) is 11.6. The molecule has 0 saturated heterocycles. The highest BCUT2D eigenvalue weighted by Gasteiger charge is 2.19. The van der Waals surface area contributed by atoms with Crippen molar-refractivity contribution in [2.75, 3.05) is 4.72 Å². The van der Waals surface area contributed by atoms with Gasteiger partial charge < -0.3 is 0 Å². The summed E-state index contributed by atoms with van der Waals surface area (Å²) in [5, 5.41) is 0.329. The van der Waals surface area contributed by atoms with E-state index in [0.29, 0.717) is 16.5 Å². The Kier molecular flexibility index (Phi) is 4.20. The molecular weight excluding hydrogens is 372 g/mol. The van der Waals surface area contributed by atoms with Crippen molar-refractivity contribution in [2.45, 2.75) is 18.1 Å². The number of nitrogens with zero attached hydrogens (tertiary/aromatic N) is 1. The van der Waals surface area contributed by atoms with Crippen LogP contribution in [0.4, 0.5) is 5.69 Å². The minimum absolute atomic E-state index is 0.256. The third kappa shape index (κ3) is 3.28. The quantitative estimate of drug-likeness (QED) is 0.818. The first-order valence-electron chi connectivity index (χ1n) is 5.21.